The third kappa shape index (κ3) is 6.13. The van der Waals surface area contributed by atoms with Gasteiger partial charge >= 0.3 is 0 Å². The lowest BCUT2D eigenvalue weighted by molar-refractivity contribution is -0.122. The first-order chi connectivity index (χ1) is 13.2. The first kappa shape index (κ1) is 19.5. The molecule has 0 fully saturated rings. The van der Waals surface area contributed by atoms with Gasteiger partial charge in [-0.15, -0.1) is 11.3 Å². The smallest absolute Gasteiger partial charge is 0.234 e. The summed E-state index contributed by atoms with van der Waals surface area (Å²) in [7, 11) is 0. The second-order valence-corrected chi connectivity index (χ2v) is 7.59. The molecule has 1 amide bonds. The topological polar surface area (TPSA) is 71.2 Å². The summed E-state index contributed by atoms with van der Waals surface area (Å²) in [6.45, 7) is 3.08. The summed E-state index contributed by atoms with van der Waals surface area (Å²) in [6.07, 6.45) is 1.67. The lowest BCUT2D eigenvalue weighted by Gasteiger charge is -2.21. The molecule has 1 aromatic heterocycles. The molecule has 5 nitrogen and oxygen atoms in total. The number of carbonyl (C=O) groups is 1. The van der Waals surface area contributed by atoms with Crippen molar-refractivity contribution in [2.45, 2.75) is 12.8 Å². The zero-order valence-electron chi connectivity index (χ0n) is 15.4. The molecule has 27 heavy (non-hydrogen) atoms. The number of carbonyl (C=O) groups excluding carboxylic acids is 1. The van der Waals surface area contributed by atoms with Crippen LogP contribution >= 0.6 is 11.3 Å². The molecule has 0 aliphatic rings. The van der Waals surface area contributed by atoms with Crippen molar-refractivity contribution in [1.29, 1.82) is 0 Å². The van der Waals surface area contributed by atoms with Gasteiger partial charge in [0.2, 0.25) is 5.91 Å². The minimum atomic E-state index is 0.0395. The van der Waals surface area contributed by atoms with E-state index in [1.165, 1.54) is 10.3 Å². The van der Waals surface area contributed by atoms with Crippen LogP contribution in [0.5, 0.6) is 0 Å². The maximum atomic E-state index is 12.3. The van der Waals surface area contributed by atoms with Gasteiger partial charge in [0.1, 0.15) is 0 Å². The number of thiazole rings is 1. The molecule has 142 valence electrons. The van der Waals surface area contributed by atoms with Gasteiger partial charge in [0.15, 0.2) is 0 Å². The first-order valence-electron chi connectivity index (χ1n) is 9.32. The highest BCUT2D eigenvalue weighted by Crippen LogP contribution is 2.21. The summed E-state index contributed by atoms with van der Waals surface area (Å²) in [5.41, 5.74) is 8.01. The molecule has 6 heteroatoms. The Bertz CT molecular complexity index is 817. The van der Waals surface area contributed by atoms with Gasteiger partial charge in [0.05, 0.1) is 21.8 Å². The van der Waals surface area contributed by atoms with Crippen LogP contribution in [0.15, 0.2) is 54.6 Å². The van der Waals surface area contributed by atoms with Gasteiger partial charge < -0.3 is 11.1 Å². The number of aromatic nitrogens is 1. The second kappa shape index (κ2) is 10.2. The molecule has 0 atom stereocenters. The van der Waals surface area contributed by atoms with Crippen LogP contribution in [-0.2, 0) is 17.6 Å². The Hall–Kier alpha value is -2.28. The molecular weight excluding hydrogens is 356 g/mol. The van der Waals surface area contributed by atoms with Crippen LogP contribution in [0, 0.1) is 0 Å². The lowest BCUT2D eigenvalue weighted by atomic mass is 10.1. The van der Waals surface area contributed by atoms with Crippen molar-refractivity contribution in [3.8, 4) is 0 Å². The van der Waals surface area contributed by atoms with Crippen molar-refractivity contribution in [1.82, 2.24) is 15.2 Å². The molecular formula is C21H26N4OS. The maximum absolute atomic E-state index is 12.3. The predicted octanol–water partition coefficient (Wildman–Crippen LogP) is 2.46. The zero-order valence-corrected chi connectivity index (χ0v) is 16.3. The van der Waals surface area contributed by atoms with Gasteiger partial charge in [-0.1, -0.05) is 42.5 Å². The van der Waals surface area contributed by atoms with Gasteiger partial charge in [-0.05, 0) is 24.1 Å². The highest BCUT2D eigenvalue weighted by Gasteiger charge is 2.10. The van der Waals surface area contributed by atoms with Crippen molar-refractivity contribution in [3.05, 3.63) is 65.2 Å². The molecule has 0 radical (unpaired) electrons. The normalized spacial score (nSPS) is 11.2. The number of amides is 1. The van der Waals surface area contributed by atoms with E-state index in [0.717, 1.165) is 36.5 Å². The monoisotopic (exact) mass is 382 g/mol. The molecule has 0 saturated carbocycles. The van der Waals surface area contributed by atoms with Crippen LogP contribution in [0.2, 0.25) is 0 Å². The fraction of sp³-hybridized carbons (Fsp3) is 0.333. The van der Waals surface area contributed by atoms with E-state index in [1.54, 1.807) is 11.3 Å². The number of nitrogens with two attached hydrogens (primary N) is 1. The van der Waals surface area contributed by atoms with Crippen LogP contribution in [-0.4, -0.2) is 48.5 Å². The molecule has 0 spiro atoms. The van der Waals surface area contributed by atoms with E-state index in [0.29, 0.717) is 19.6 Å². The van der Waals surface area contributed by atoms with Crippen molar-refractivity contribution >= 4 is 27.5 Å². The third-order valence-corrected chi connectivity index (χ3v) is 5.47. The van der Waals surface area contributed by atoms with Gasteiger partial charge in [0, 0.05) is 32.6 Å². The Morgan fingerprint density at radius 3 is 2.59 bits per heavy atom. The van der Waals surface area contributed by atoms with Crippen molar-refractivity contribution in [2.75, 3.05) is 32.7 Å². The van der Waals surface area contributed by atoms with Gasteiger partial charge in [-0.2, -0.15) is 0 Å². The lowest BCUT2D eigenvalue weighted by Crippen LogP contribution is -2.41. The molecule has 3 N–H and O–H groups in total. The van der Waals surface area contributed by atoms with Crippen molar-refractivity contribution in [3.63, 3.8) is 0 Å². The molecule has 0 unspecified atom stereocenters. The van der Waals surface area contributed by atoms with E-state index >= 15 is 0 Å². The Morgan fingerprint density at radius 1 is 1.04 bits per heavy atom. The van der Waals surface area contributed by atoms with E-state index in [9.17, 15) is 4.79 Å². The van der Waals surface area contributed by atoms with E-state index in [1.807, 2.05) is 36.4 Å². The number of hydrogen-bond donors (Lipinski definition) is 2. The van der Waals surface area contributed by atoms with Gasteiger partial charge in [-0.25, -0.2) is 4.98 Å². The van der Waals surface area contributed by atoms with Crippen molar-refractivity contribution < 1.29 is 4.79 Å². The number of nitrogens with one attached hydrogen (secondary N) is 1. The van der Waals surface area contributed by atoms with Crippen LogP contribution < -0.4 is 11.1 Å². The zero-order chi connectivity index (χ0) is 18.9. The van der Waals surface area contributed by atoms with Crippen LogP contribution in [0.4, 0.5) is 0 Å². The highest BCUT2D eigenvalue weighted by atomic mass is 32.1. The average molecular weight is 383 g/mol. The second-order valence-electron chi connectivity index (χ2n) is 6.48. The number of rotatable bonds is 10. The SMILES string of the molecule is NCCN(CCc1ccccc1)CC(=O)NCCc1nc2ccccc2s1. The van der Waals surface area contributed by atoms with Crippen molar-refractivity contribution in [2.24, 2.45) is 5.73 Å². The minimum absolute atomic E-state index is 0.0395. The molecule has 0 aliphatic carbocycles. The maximum Gasteiger partial charge on any atom is 0.234 e. The molecule has 3 rings (SSSR count). The molecule has 0 aliphatic heterocycles. The van der Waals surface area contributed by atoms with E-state index in [4.69, 9.17) is 5.73 Å². The van der Waals surface area contributed by atoms with Crippen LogP contribution in [0.25, 0.3) is 10.2 Å². The summed E-state index contributed by atoms with van der Waals surface area (Å²) in [5.74, 6) is 0.0395. The standard InChI is InChI=1S/C21H26N4OS/c22-12-15-25(14-11-17-6-2-1-3-7-17)16-20(26)23-13-10-21-24-18-8-4-5-9-19(18)27-21/h1-9H,10-16,22H2,(H,23,26). The first-order valence-corrected chi connectivity index (χ1v) is 10.1. The number of para-hydroxylation sites is 1. The fourth-order valence-corrected chi connectivity index (χ4v) is 3.95. The number of fused-ring (bicyclic) bond motifs is 1. The third-order valence-electron chi connectivity index (χ3n) is 4.37. The summed E-state index contributed by atoms with van der Waals surface area (Å²) in [5, 5.41) is 4.06. The largest absolute Gasteiger partial charge is 0.355 e. The summed E-state index contributed by atoms with van der Waals surface area (Å²) in [4.78, 5) is 19.0. The van der Waals surface area contributed by atoms with Gasteiger partial charge in [0.25, 0.3) is 0 Å². The van der Waals surface area contributed by atoms with Crippen LogP contribution in [0.3, 0.4) is 0 Å². The Labute approximate surface area is 164 Å². The Morgan fingerprint density at radius 2 is 1.81 bits per heavy atom. The Kier molecular flexibility index (Phi) is 7.33. The summed E-state index contributed by atoms with van der Waals surface area (Å²) >= 11 is 1.69. The number of nitrogens with zero attached hydrogens (tertiary/aromatic N) is 2. The number of benzene rings is 2. The van der Waals surface area contributed by atoms with E-state index < -0.39 is 0 Å². The summed E-state index contributed by atoms with van der Waals surface area (Å²) < 4.78 is 1.19. The summed E-state index contributed by atoms with van der Waals surface area (Å²) in [6, 6.07) is 18.4. The van der Waals surface area contributed by atoms with E-state index in [2.05, 4.69) is 33.4 Å². The minimum Gasteiger partial charge on any atom is -0.355 e. The van der Waals surface area contributed by atoms with Gasteiger partial charge in [-0.3, -0.25) is 9.69 Å². The number of hydrogen-bond acceptors (Lipinski definition) is 5. The molecule has 0 bridgehead atoms. The highest BCUT2D eigenvalue weighted by molar-refractivity contribution is 7.18. The average Bonchev–Trinajstić information content (AvgIpc) is 3.10. The predicted molar refractivity (Wildman–Crippen MR) is 112 cm³/mol. The van der Waals surface area contributed by atoms with E-state index in [-0.39, 0.29) is 5.91 Å². The van der Waals surface area contributed by atoms with Crippen LogP contribution in [0.1, 0.15) is 10.6 Å². The quantitative estimate of drug-likeness (QED) is 0.565. The molecule has 0 saturated heterocycles. The molecule has 2 aromatic carbocycles. The molecule has 3 aromatic rings. The fourth-order valence-electron chi connectivity index (χ4n) is 2.98. The molecule has 1 heterocycles. The Balaban J connectivity index is 1.43.